The number of rotatable bonds is 6. The molecule has 2 N–H and O–H groups in total. The molecule has 1 amide bonds. The van der Waals surface area contributed by atoms with Gasteiger partial charge in [-0.1, -0.05) is 23.7 Å². The summed E-state index contributed by atoms with van der Waals surface area (Å²) in [6.07, 6.45) is 0.782. The van der Waals surface area contributed by atoms with Crippen LogP contribution in [-0.4, -0.2) is 5.91 Å². The molecule has 0 radical (unpaired) electrons. The maximum Gasteiger partial charge on any atom is 0.217 e. The van der Waals surface area contributed by atoms with Crippen molar-refractivity contribution in [3.05, 3.63) is 62.8 Å². The van der Waals surface area contributed by atoms with Crippen LogP contribution in [0, 0.1) is 5.82 Å². The van der Waals surface area contributed by atoms with Gasteiger partial charge in [0.15, 0.2) is 5.75 Å². The lowest BCUT2D eigenvalue weighted by molar-refractivity contribution is -0.117. The van der Waals surface area contributed by atoms with E-state index in [-0.39, 0.29) is 24.8 Å². The molecule has 2 rings (SSSR count). The molecule has 0 bridgehead atoms. The van der Waals surface area contributed by atoms with Crippen molar-refractivity contribution in [3.8, 4) is 5.75 Å². The molecule has 0 heterocycles. The lowest BCUT2D eigenvalue weighted by atomic mass is 10.1. The standard InChI is InChI=1S/C16H14BrClFNO2/c17-13-7-11(3-6-15(20)21)8-14(18)16(13)22-9-10-1-4-12(19)5-2-10/h1-2,4-5,7-8H,3,6,9H2,(H2,20,21). The van der Waals surface area contributed by atoms with Crippen LogP contribution in [0.2, 0.25) is 5.02 Å². The Hall–Kier alpha value is -1.59. The first-order valence-corrected chi connectivity index (χ1v) is 7.76. The first kappa shape index (κ1) is 16.8. The number of hydrogen-bond donors (Lipinski definition) is 1. The summed E-state index contributed by atoms with van der Waals surface area (Å²) < 4.78 is 19.2. The Bertz CT molecular complexity index is 653. The fourth-order valence-electron chi connectivity index (χ4n) is 1.90. The van der Waals surface area contributed by atoms with Gasteiger partial charge in [0.2, 0.25) is 5.91 Å². The van der Waals surface area contributed by atoms with Crippen LogP contribution in [0.3, 0.4) is 0 Å². The second kappa shape index (κ2) is 7.61. The molecule has 0 saturated heterocycles. The van der Waals surface area contributed by atoms with Gasteiger partial charge in [-0.2, -0.15) is 0 Å². The van der Waals surface area contributed by atoms with Crippen LogP contribution in [0.25, 0.3) is 0 Å². The van der Waals surface area contributed by atoms with E-state index in [1.54, 1.807) is 18.2 Å². The summed E-state index contributed by atoms with van der Waals surface area (Å²) in [6.45, 7) is 0.277. The highest BCUT2D eigenvalue weighted by molar-refractivity contribution is 9.10. The van der Waals surface area contributed by atoms with E-state index in [4.69, 9.17) is 22.1 Å². The summed E-state index contributed by atoms with van der Waals surface area (Å²) >= 11 is 9.61. The van der Waals surface area contributed by atoms with Crippen LogP contribution in [0.5, 0.6) is 5.75 Å². The van der Waals surface area contributed by atoms with E-state index in [9.17, 15) is 9.18 Å². The topological polar surface area (TPSA) is 52.3 Å². The smallest absolute Gasteiger partial charge is 0.217 e. The van der Waals surface area contributed by atoms with Gasteiger partial charge >= 0.3 is 0 Å². The quantitative estimate of drug-likeness (QED) is 0.807. The highest BCUT2D eigenvalue weighted by atomic mass is 79.9. The summed E-state index contributed by atoms with van der Waals surface area (Å²) in [5.41, 5.74) is 6.86. The Morgan fingerprint density at radius 3 is 2.50 bits per heavy atom. The van der Waals surface area contributed by atoms with E-state index < -0.39 is 0 Å². The Labute approximate surface area is 141 Å². The molecule has 0 aromatic heterocycles. The fraction of sp³-hybridized carbons (Fsp3) is 0.188. The maximum atomic E-state index is 12.8. The third-order valence-electron chi connectivity index (χ3n) is 3.01. The van der Waals surface area contributed by atoms with E-state index in [0.717, 1.165) is 11.1 Å². The average Bonchev–Trinajstić information content (AvgIpc) is 2.46. The van der Waals surface area contributed by atoms with Crippen LogP contribution in [-0.2, 0) is 17.8 Å². The second-order valence-corrected chi connectivity index (χ2v) is 6.03. The van der Waals surface area contributed by atoms with E-state index in [0.29, 0.717) is 21.7 Å². The molecule has 0 aliphatic rings. The van der Waals surface area contributed by atoms with Crippen molar-refractivity contribution in [1.29, 1.82) is 0 Å². The first-order chi connectivity index (χ1) is 10.5. The summed E-state index contributed by atoms with van der Waals surface area (Å²) in [7, 11) is 0. The van der Waals surface area contributed by atoms with Gasteiger partial charge in [0.25, 0.3) is 0 Å². The Balaban J connectivity index is 2.07. The van der Waals surface area contributed by atoms with Crippen LogP contribution in [0.4, 0.5) is 4.39 Å². The number of hydrogen-bond acceptors (Lipinski definition) is 2. The summed E-state index contributed by atoms with van der Waals surface area (Å²) in [5, 5.41) is 0.441. The molecule has 0 fully saturated rings. The number of benzene rings is 2. The average molecular weight is 387 g/mol. The minimum absolute atomic E-state index is 0.262. The molecule has 0 spiro atoms. The van der Waals surface area contributed by atoms with Crippen molar-refractivity contribution in [3.63, 3.8) is 0 Å². The Morgan fingerprint density at radius 1 is 1.23 bits per heavy atom. The minimum atomic E-state index is -0.358. The number of nitrogens with two attached hydrogens (primary N) is 1. The van der Waals surface area contributed by atoms with Crippen LogP contribution in [0.1, 0.15) is 17.5 Å². The van der Waals surface area contributed by atoms with Gasteiger partial charge in [0, 0.05) is 6.42 Å². The SMILES string of the molecule is NC(=O)CCc1cc(Cl)c(OCc2ccc(F)cc2)c(Br)c1. The lowest BCUT2D eigenvalue weighted by Crippen LogP contribution is -2.11. The number of aryl methyl sites for hydroxylation is 1. The Kier molecular flexibility index (Phi) is 5.80. The van der Waals surface area contributed by atoms with E-state index >= 15 is 0 Å². The Morgan fingerprint density at radius 2 is 1.91 bits per heavy atom. The third-order valence-corrected chi connectivity index (χ3v) is 3.88. The van der Waals surface area contributed by atoms with Gasteiger partial charge in [-0.25, -0.2) is 4.39 Å². The molecule has 0 aliphatic heterocycles. The van der Waals surface area contributed by atoms with Crippen LogP contribution < -0.4 is 10.5 Å². The largest absolute Gasteiger partial charge is 0.486 e. The zero-order chi connectivity index (χ0) is 16.1. The molecule has 0 unspecified atom stereocenters. The lowest BCUT2D eigenvalue weighted by Gasteiger charge is -2.12. The molecule has 0 atom stereocenters. The summed E-state index contributed by atoms with van der Waals surface area (Å²) in [4.78, 5) is 10.8. The number of amides is 1. The second-order valence-electron chi connectivity index (χ2n) is 4.77. The third kappa shape index (κ3) is 4.71. The van der Waals surface area contributed by atoms with Crippen molar-refractivity contribution in [1.82, 2.24) is 0 Å². The predicted octanol–water partition coefficient (Wildman–Crippen LogP) is 4.24. The van der Waals surface area contributed by atoms with Gasteiger partial charge in [-0.05, 0) is 57.7 Å². The molecule has 2 aromatic carbocycles. The van der Waals surface area contributed by atoms with Crippen molar-refractivity contribution in [2.24, 2.45) is 5.73 Å². The normalized spacial score (nSPS) is 10.5. The molecular weight excluding hydrogens is 373 g/mol. The van der Waals surface area contributed by atoms with E-state index in [1.807, 2.05) is 6.07 Å². The molecule has 0 aliphatic carbocycles. The zero-order valence-electron chi connectivity index (χ0n) is 11.6. The molecule has 0 saturated carbocycles. The van der Waals surface area contributed by atoms with Gasteiger partial charge in [-0.15, -0.1) is 0 Å². The number of primary amides is 1. The number of ether oxygens (including phenoxy) is 1. The predicted molar refractivity (Wildman–Crippen MR) is 87.4 cm³/mol. The van der Waals surface area contributed by atoms with Crippen LogP contribution >= 0.6 is 27.5 Å². The monoisotopic (exact) mass is 385 g/mol. The highest BCUT2D eigenvalue weighted by Gasteiger charge is 2.10. The van der Waals surface area contributed by atoms with Gasteiger partial charge in [-0.3, -0.25) is 4.79 Å². The number of halogens is 3. The van der Waals surface area contributed by atoms with Crippen LogP contribution in [0.15, 0.2) is 40.9 Å². The maximum absolute atomic E-state index is 12.8. The molecule has 3 nitrogen and oxygen atoms in total. The first-order valence-electron chi connectivity index (χ1n) is 6.59. The van der Waals surface area contributed by atoms with Crippen molar-refractivity contribution < 1.29 is 13.9 Å². The summed E-state index contributed by atoms with van der Waals surface area (Å²) in [5.74, 6) is -0.139. The van der Waals surface area contributed by atoms with Gasteiger partial charge in [0.05, 0.1) is 9.50 Å². The number of carbonyl (C=O) groups excluding carboxylic acids is 1. The van der Waals surface area contributed by atoms with Gasteiger partial charge < -0.3 is 10.5 Å². The van der Waals surface area contributed by atoms with Gasteiger partial charge in [0.1, 0.15) is 12.4 Å². The molecular formula is C16H14BrClFNO2. The minimum Gasteiger partial charge on any atom is -0.486 e. The molecule has 6 heteroatoms. The number of carbonyl (C=O) groups is 1. The van der Waals surface area contributed by atoms with Crippen molar-refractivity contribution in [2.75, 3.05) is 0 Å². The summed E-state index contributed by atoms with van der Waals surface area (Å²) in [6, 6.07) is 9.64. The van der Waals surface area contributed by atoms with Crippen molar-refractivity contribution in [2.45, 2.75) is 19.4 Å². The fourth-order valence-corrected chi connectivity index (χ4v) is 2.93. The van der Waals surface area contributed by atoms with E-state index in [2.05, 4.69) is 15.9 Å². The zero-order valence-corrected chi connectivity index (χ0v) is 14.0. The van der Waals surface area contributed by atoms with E-state index in [1.165, 1.54) is 12.1 Å². The molecule has 2 aromatic rings. The molecule has 116 valence electrons. The van der Waals surface area contributed by atoms with Crippen molar-refractivity contribution >= 4 is 33.4 Å². The highest BCUT2D eigenvalue weighted by Crippen LogP contribution is 2.35. The molecule has 22 heavy (non-hydrogen) atoms.